The van der Waals surface area contributed by atoms with Gasteiger partial charge >= 0.3 is 5.97 Å². The fraction of sp³-hybridized carbons (Fsp3) is 0.323. The lowest BCUT2D eigenvalue weighted by Crippen LogP contribution is -2.46. The van der Waals surface area contributed by atoms with Gasteiger partial charge in [-0.15, -0.1) is 0 Å². The summed E-state index contributed by atoms with van der Waals surface area (Å²) in [6.07, 6.45) is 0.449. The fourth-order valence-corrected chi connectivity index (χ4v) is 6.04. The van der Waals surface area contributed by atoms with Crippen LogP contribution in [-0.4, -0.2) is 67.4 Å². The second-order valence-corrected chi connectivity index (χ2v) is 10.3. The standard InChI is InChI=1S/C31H34N4O4/c1-38-27-12-11-20(29-30-23(18-25(33-29)31(36)37)22-7-3-4-8-24(22)32-30)17-21(27)19-34-13-15-35(16-14-34)26-9-5-6-10-28(26)39-2/h3-12,17,25,29,32-33H,13-16,18-19H2,1-2H3,(H,36,37)/t25-,29+/m0/s1. The summed E-state index contributed by atoms with van der Waals surface area (Å²) >= 11 is 0. The maximum absolute atomic E-state index is 12.1. The Kier molecular flexibility index (Phi) is 6.89. The summed E-state index contributed by atoms with van der Waals surface area (Å²) in [5.74, 6) is 0.905. The lowest BCUT2D eigenvalue weighted by Gasteiger charge is -2.37. The Morgan fingerprint density at radius 2 is 1.69 bits per heavy atom. The molecular formula is C31H34N4O4. The SMILES string of the molecule is COc1ccc([C@H]2N[C@H](C(=O)O)Cc3c2[nH]c2ccccc32)cc1CN1CCN(c2ccccc2OC)CC1. The molecular weight excluding hydrogens is 492 g/mol. The lowest BCUT2D eigenvalue weighted by molar-refractivity contribution is -0.139. The van der Waals surface area contributed by atoms with Crippen LogP contribution in [0.2, 0.25) is 0 Å². The largest absolute Gasteiger partial charge is 0.496 e. The van der Waals surface area contributed by atoms with E-state index in [2.05, 4.69) is 38.3 Å². The minimum Gasteiger partial charge on any atom is -0.496 e. The Morgan fingerprint density at radius 3 is 2.46 bits per heavy atom. The van der Waals surface area contributed by atoms with E-state index in [0.29, 0.717) is 6.42 Å². The van der Waals surface area contributed by atoms with Gasteiger partial charge in [-0.3, -0.25) is 15.0 Å². The Hall–Kier alpha value is -4.01. The van der Waals surface area contributed by atoms with E-state index in [-0.39, 0.29) is 6.04 Å². The van der Waals surface area contributed by atoms with E-state index in [4.69, 9.17) is 9.47 Å². The third-order valence-electron chi connectivity index (χ3n) is 8.04. The van der Waals surface area contributed by atoms with E-state index in [0.717, 1.165) is 83.2 Å². The van der Waals surface area contributed by atoms with Crippen molar-refractivity contribution in [3.05, 3.63) is 89.1 Å². The highest BCUT2D eigenvalue weighted by molar-refractivity contribution is 5.87. The van der Waals surface area contributed by atoms with Crippen molar-refractivity contribution in [2.75, 3.05) is 45.3 Å². The summed E-state index contributed by atoms with van der Waals surface area (Å²) in [5.41, 5.74) is 6.39. The number of piperazine rings is 1. The third-order valence-corrected chi connectivity index (χ3v) is 8.04. The first-order valence-corrected chi connectivity index (χ1v) is 13.4. The molecule has 0 radical (unpaired) electrons. The molecule has 0 spiro atoms. The molecule has 1 aromatic heterocycles. The molecule has 2 aliphatic rings. The molecule has 4 aromatic rings. The van der Waals surface area contributed by atoms with Gasteiger partial charge in [0.1, 0.15) is 17.5 Å². The molecule has 1 saturated heterocycles. The number of hydrogen-bond donors (Lipinski definition) is 3. The van der Waals surface area contributed by atoms with Crippen molar-refractivity contribution < 1.29 is 19.4 Å². The lowest BCUT2D eigenvalue weighted by atomic mass is 9.89. The number of nitrogens with one attached hydrogen (secondary N) is 2. The molecule has 8 heteroatoms. The number of rotatable bonds is 7. The number of benzene rings is 3. The Morgan fingerprint density at radius 1 is 0.949 bits per heavy atom. The number of carbonyl (C=O) groups is 1. The van der Waals surface area contributed by atoms with Crippen molar-refractivity contribution >= 4 is 22.6 Å². The average molecular weight is 527 g/mol. The first kappa shape index (κ1) is 25.3. The molecule has 39 heavy (non-hydrogen) atoms. The number of nitrogens with zero attached hydrogens (tertiary/aromatic N) is 2. The zero-order valence-corrected chi connectivity index (χ0v) is 22.3. The first-order valence-electron chi connectivity index (χ1n) is 13.4. The molecule has 3 aromatic carbocycles. The van der Waals surface area contributed by atoms with Crippen LogP contribution in [0.3, 0.4) is 0 Å². The van der Waals surface area contributed by atoms with Crippen molar-refractivity contribution in [2.45, 2.75) is 25.0 Å². The number of hydrogen-bond acceptors (Lipinski definition) is 6. The fourth-order valence-electron chi connectivity index (χ4n) is 6.04. The molecule has 3 N–H and O–H groups in total. The number of H-pyrrole nitrogens is 1. The number of aliphatic carboxylic acids is 1. The highest BCUT2D eigenvalue weighted by atomic mass is 16.5. The third kappa shape index (κ3) is 4.82. The van der Waals surface area contributed by atoms with Crippen molar-refractivity contribution in [3.63, 3.8) is 0 Å². The molecule has 0 aliphatic carbocycles. The van der Waals surface area contributed by atoms with E-state index < -0.39 is 12.0 Å². The maximum atomic E-state index is 12.1. The number of fused-ring (bicyclic) bond motifs is 3. The van der Waals surface area contributed by atoms with E-state index in [1.54, 1.807) is 14.2 Å². The smallest absolute Gasteiger partial charge is 0.321 e. The van der Waals surface area contributed by atoms with Crippen LogP contribution >= 0.6 is 0 Å². The van der Waals surface area contributed by atoms with Gasteiger partial charge in [-0.2, -0.15) is 0 Å². The van der Waals surface area contributed by atoms with Gasteiger partial charge in [-0.1, -0.05) is 36.4 Å². The first-order chi connectivity index (χ1) is 19.1. The molecule has 202 valence electrons. The summed E-state index contributed by atoms with van der Waals surface area (Å²) in [5, 5.41) is 14.4. The molecule has 0 bridgehead atoms. The van der Waals surface area contributed by atoms with Gasteiger partial charge in [0.2, 0.25) is 0 Å². The summed E-state index contributed by atoms with van der Waals surface area (Å²) < 4.78 is 11.3. The van der Waals surface area contributed by atoms with Gasteiger partial charge in [-0.05, 0) is 41.5 Å². The Balaban J connectivity index is 1.26. The number of carboxylic acid groups (broad SMARTS) is 1. The predicted octanol–water partition coefficient (Wildman–Crippen LogP) is 4.20. The highest BCUT2D eigenvalue weighted by Crippen LogP contribution is 2.37. The topological polar surface area (TPSA) is 90.1 Å². The number of methoxy groups -OCH3 is 2. The van der Waals surface area contributed by atoms with Gasteiger partial charge in [0, 0.05) is 61.3 Å². The Labute approximate surface area is 228 Å². The van der Waals surface area contributed by atoms with Gasteiger partial charge in [-0.25, -0.2) is 0 Å². The summed E-state index contributed by atoms with van der Waals surface area (Å²) in [7, 11) is 3.42. The molecule has 0 saturated carbocycles. The van der Waals surface area contributed by atoms with Crippen molar-refractivity contribution in [1.82, 2.24) is 15.2 Å². The van der Waals surface area contributed by atoms with Crippen LogP contribution in [0.25, 0.3) is 10.9 Å². The zero-order valence-electron chi connectivity index (χ0n) is 22.3. The summed E-state index contributed by atoms with van der Waals surface area (Å²) in [6.45, 7) is 4.41. The molecule has 0 unspecified atom stereocenters. The van der Waals surface area contributed by atoms with Crippen LogP contribution in [0.4, 0.5) is 5.69 Å². The molecule has 1 fully saturated rings. The Bertz CT molecular complexity index is 1490. The zero-order chi connectivity index (χ0) is 26.9. The van der Waals surface area contributed by atoms with Crippen LogP contribution < -0.4 is 19.7 Å². The number of aromatic amines is 1. The molecule has 0 amide bonds. The predicted molar refractivity (Wildman–Crippen MR) is 152 cm³/mol. The van der Waals surface area contributed by atoms with Crippen LogP contribution in [0, 0.1) is 0 Å². The molecule has 6 rings (SSSR count). The minimum absolute atomic E-state index is 0.255. The number of ether oxygens (including phenoxy) is 2. The quantitative estimate of drug-likeness (QED) is 0.333. The molecule has 2 aliphatic heterocycles. The van der Waals surface area contributed by atoms with Crippen molar-refractivity contribution in [2.24, 2.45) is 0 Å². The second kappa shape index (κ2) is 10.6. The van der Waals surface area contributed by atoms with Crippen molar-refractivity contribution in [3.8, 4) is 11.5 Å². The van der Waals surface area contributed by atoms with Crippen LogP contribution in [0.15, 0.2) is 66.7 Å². The number of aromatic nitrogens is 1. The van der Waals surface area contributed by atoms with E-state index >= 15 is 0 Å². The van der Waals surface area contributed by atoms with Crippen LogP contribution in [-0.2, 0) is 17.8 Å². The average Bonchev–Trinajstić information content (AvgIpc) is 3.36. The molecule has 8 nitrogen and oxygen atoms in total. The monoisotopic (exact) mass is 526 g/mol. The van der Waals surface area contributed by atoms with Gasteiger partial charge in [0.25, 0.3) is 0 Å². The van der Waals surface area contributed by atoms with Gasteiger partial charge in [0.05, 0.1) is 25.9 Å². The maximum Gasteiger partial charge on any atom is 0.321 e. The molecule has 2 atom stereocenters. The van der Waals surface area contributed by atoms with E-state index in [1.807, 2.05) is 48.5 Å². The van der Waals surface area contributed by atoms with E-state index in [9.17, 15) is 9.90 Å². The number of carboxylic acids is 1. The van der Waals surface area contributed by atoms with Crippen LogP contribution in [0.5, 0.6) is 11.5 Å². The number of para-hydroxylation sites is 3. The highest BCUT2D eigenvalue weighted by Gasteiger charge is 2.34. The summed E-state index contributed by atoms with van der Waals surface area (Å²) in [6, 6.07) is 21.6. The summed E-state index contributed by atoms with van der Waals surface area (Å²) in [4.78, 5) is 20.5. The normalized spacial score (nSPS) is 19.6. The minimum atomic E-state index is -0.836. The second-order valence-electron chi connectivity index (χ2n) is 10.3. The molecule has 3 heterocycles. The number of anilines is 1. The van der Waals surface area contributed by atoms with Gasteiger partial charge < -0.3 is 24.5 Å². The van der Waals surface area contributed by atoms with E-state index in [1.165, 1.54) is 0 Å². The van der Waals surface area contributed by atoms with Crippen molar-refractivity contribution in [1.29, 1.82) is 0 Å². The van der Waals surface area contributed by atoms with Gasteiger partial charge in [0.15, 0.2) is 0 Å². The van der Waals surface area contributed by atoms with Crippen LogP contribution in [0.1, 0.15) is 28.4 Å².